The second-order valence-electron chi connectivity index (χ2n) is 10.4. The summed E-state index contributed by atoms with van der Waals surface area (Å²) in [7, 11) is 6.21. The molecule has 38 heavy (non-hydrogen) atoms. The van der Waals surface area contributed by atoms with Crippen LogP contribution in [0.15, 0.2) is 77.3 Å². The van der Waals surface area contributed by atoms with Gasteiger partial charge in [0.2, 0.25) is 0 Å². The van der Waals surface area contributed by atoms with Gasteiger partial charge in [0.25, 0.3) is 0 Å². The highest BCUT2D eigenvalue weighted by molar-refractivity contribution is 6.33. The van der Waals surface area contributed by atoms with Gasteiger partial charge in [-0.3, -0.25) is 4.79 Å². The first-order chi connectivity index (χ1) is 17.9. The van der Waals surface area contributed by atoms with Crippen molar-refractivity contribution in [1.82, 2.24) is 0 Å². The van der Waals surface area contributed by atoms with E-state index in [-0.39, 0.29) is 24.7 Å². The lowest BCUT2D eigenvalue weighted by molar-refractivity contribution is -0.122. The fourth-order valence-electron chi connectivity index (χ4n) is 5.79. The van der Waals surface area contributed by atoms with Crippen molar-refractivity contribution in [2.24, 2.45) is 11.8 Å². The van der Waals surface area contributed by atoms with Gasteiger partial charge in [-0.1, -0.05) is 112 Å². The molecule has 2 N–H and O–H groups in total. The number of phenolic OH excluding ortho intramolecular Hbond substituents is 1. The van der Waals surface area contributed by atoms with Crippen molar-refractivity contribution in [3.63, 3.8) is 0 Å². The summed E-state index contributed by atoms with van der Waals surface area (Å²) in [6.07, 6.45) is 12.1. The van der Waals surface area contributed by atoms with Crippen molar-refractivity contribution in [2.45, 2.75) is 91.4 Å². The van der Waals surface area contributed by atoms with Gasteiger partial charge in [-0.15, -0.1) is 0 Å². The molecular weight excluding hydrogens is 465 g/mol. The molecule has 4 heteroatoms. The number of nitrogens with one attached hydrogen (secondary N) is 1. The highest BCUT2D eigenvalue weighted by atomic mass is 16.3. The molecule has 1 saturated carbocycles. The van der Waals surface area contributed by atoms with Crippen LogP contribution < -0.4 is 0 Å². The summed E-state index contributed by atoms with van der Waals surface area (Å²) >= 11 is 0. The molecule has 0 spiro atoms. The van der Waals surface area contributed by atoms with Crippen LogP contribution in [-0.4, -0.2) is 25.0 Å². The summed E-state index contributed by atoms with van der Waals surface area (Å²) in [4.78, 5) is 12.5. The molecule has 0 amide bonds. The molecule has 3 unspecified atom stereocenters. The standard InChI is InChI=1S/C31H36BNO2.C2H6.CH4/c1-22(17-23-11-6-4-7-12-23)29(34)15-8-3-2-5-13-24-18-25(28(32)21-33)27-20-31(27,19-24)26-14-9-10-16-30(26)35;1-2;/h4,6-7,9-12,14,16,19,21-22,27,33,35H,2-3,5,8,13,15,17-18,20H2,1H3;1-2H3;1H4/b28-25-,33-21?;;. The number of phenols is 1. The van der Waals surface area contributed by atoms with Crippen molar-refractivity contribution < 1.29 is 9.90 Å². The molecule has 1 fully saturated rings. The van der Waals surface area contributed by atoms with Crippen LogP contribution in [0.5, 0.6) is 5.75 Å². The first-order valence-electron chi connectivity index (χ1n) is 14.0. The number of ketones is 1. The third-order valence-electron chi connectivity index (χ3n) is 7.84. The zero-order chi connectivity index (χ0) is 26.8. The van der Waals surface area contributed by atoms with E-state index >= 15 is 0 Å². The first-order valence-corrected chi connectivity index (χ1v) is 14.0. The van der Waals surface area contributed by atoms with Gasteiger partial charge < -0.3 is 10.5 Å². The van der Waals surface area contributed by atoms with E-state index in [4.69, 9.17) is 13.3 Å². The van der Waals surface area contributed by atoms with Crippen LogP contribution in [-0.2, 0) is 16.6 Å². The summed E-state index contributed by atoms with van der Waals surface area (Å²) in [6, 6.07) is 17.9. The molecule has 0 heterocycles. The molecule has 2 radical (unpaired) electrons. The monoisotopic (exact) mass is 511 g/mol. The Morgan fingerprint density at radius 2 is 1.74 bits per heavy atom. The van der Waals surface area contributed by atoms with E-state index in [0.29, 0.717) is 23.4 Å². The molecule has 2 aliphatic carbocycles. The lowest BCUT2D eigenvalue weighted by Crippen LogP contribution is -2.16. The Bertz CT molecular complexity index is 1120. The van der Waals surface area contributed by atoms with Crippen LogP contribution in [0, 0.1) is 17.2 Å². The van der Waals surface area contributed by atoms with Crippen LogP contribution in [0.3, 0.4) is 0 Å². The molecule has 2 aromatic carbocycles. The fraction of sp³-hybridized carbons (Fsp3) is 0.471. The van der Waals surface area contributed by atoms with Gasteiger partial charge in [0.05, 0.1) is 0 Å². The Balaban J connectivity index is 0.00000165. The maximum absolute atomic E-state index is 12.5. The van der Waals surface area contributed by atoms with Crippen LogP contribution in [0.25, 0.3) is 0 Å². The summed E-state index contributed by atoms with van der Waals surface area (Å²) in [5.74, 6) is 1.06. The van der Waals surface area contributed by atoms with Crippen molar-refractivity contribution >= 4 is 19.8 Å². The molecule has 2 aliphatic rings. The van der Waals surface area contributed by atoms with Crippen LogP contribution in [0.1, 0.15) is 90.7 Å². The minimum absolute atomic E-state index is 0. The fourth-order valence-corrected chi connectivity index (χ4v) is 5.79. The molecule has 0 saturated heterocycles. The maximum Gasteiger partial charge on any atom is 0.136 e. The highest BCUT2D eigenvalue weighted by Crippen LogP contribution is 2.65. The number of fused-ring (bicyclic) bond motifs is 1. The number of rotatable bonds is 12. The Morgan fingerprint density at radius 1 is 1.08 bits per heavy atom. The van der Waals surface area contributed by atoms with Crippen molar-refractivity contribution in [3.8, 4) is 5.75 Å². The molecule has 3 atom stereocenters. The normalized spacial score (nSPS) is 21.4. The molecule has 3 nitrogen and oxygen atoms in total. The number of para-hydroxylation sites is 1. The Labute approximate surface area is 232 Å². The van der Waals surface area contributed by atoms with Crippen molar-refractivity contribution in [3.05, 3.63) is 88.4 Å². The van der Waals surface area contributed by atoms with Crippen LogP contribution in [0.2, 0.25) is 0 Å². The minimum atomic E-state index is -0.177. The van der Waals surface area contributed by atoms with Crippen molar-refractivity contribution in [2.75, 3.05) is 0 Å². The lowest BCUT2D eigenvalue weighted by Gasteiger charge is -2.26. The summed E-state index contributed by atoms with van der Waals surface area (Å²) in [5, 5.41) is 18.2. The molecule has 4 rings (SSSR count). The Kier molecular flexibility index (Phi) is 12.3. The van der Waals surface area contributed by atoms with Crippen molar-refractivity contribution in [1.29, 1.82) is 5.41 Å². The zero-order valence-corrected chi connectivity index (χ0v) is 22.8. The van der Waals surface area contributed by atoms with Gasteiger partial charge in [-0.2, -0.15) is 0 Å². The van der Waals surface area contributed by atoms with Crippen LogP contribution >= 0.6 is 0 Å². The second-order valence-corrected chi connectivity index (χ2v) is 10.4. The number of unbranched alkanes of at least 4 members (excludes halogenated alkanes) is 3. The van der Waals surface area contributed by atoms with E-state index in [1.54, 1.807) is 6.07 Å². The topological polar surface area (TPSA) is 61.2 Å². The molecule has 0 bridgehead atoms. The maximum atomic E-state index is 12.5. The summed E-state index contributed by atoms with van der Waals surface area (Å²) in [5.41, 5.74) is 5.10. The quantitative estimate of drug-likeness (QED) is 0.130. The van der Waals surface area contributed by atoms with Gasteiger partial charge in [0.1, 0.15) is 19.4 Å². The smallest absolute Gasteiger partial charge is 0.136 e. The molecule has 0 aromatic heterocycles. The van der Waals surface area contributed by atoms with Gasteiger partial charge in [0.15, 0.2) is 0 Å². The zero-order valence-electron chi connectivity index (χ0n) is 22.8. The molecular formula is C34H46BNO2. The number of carbonyl (C=O) groups excluding carboxylic acids is 1. The van der Waals surface area contributed by atoms with Crippen LogP contribution in [0.4, 0.5) is 0 Å². The number of aromatic hydroxyl groups is 1. The van der Waals surface area contributed by atoms with E-state index in [2.05, 4.69) is 18.2 Å². The molecule has 202 valence electrons. The number of allylic oxidation sites excluding steroid dienone is 4. The van der Waals surface area contributed by atoms with E-state index in [9.17, 15) is 9.90 Å². The Hall–Kier alpha value is -2.88. The lowest BCUT2D eigenvalue weighted by atomic mass is 9.76. The highest BCUT2D eigenvalue weighted by Gasteiger charge is 2.58. The number of carbonyl (C=O) groups is 1. The molecule has 2 aromatic rings. The van der Waals surface area contributed by atoms with Gasteiger partial charge in [0, 0.05) is 29.5 Å². The molecule has 0 aliphatic heterocycles. The number of hydrogen-bond acceptors (Lipinski definition) is 3. The average Bonchev–Trinajstić information content (AvgIpc) is 3.67. The third-order valence-corrected chi connectivity index (χ3v) is 7.84. The predicted octanol–water partition coefficient (Wildman–Crippen LogP) is 8.50. The summed E-state index contributed by atoms with van der Waals surface area (Å²) in [6.45, 7) is 6.04. The van der Waals surface area contributed by atoms with E-state index in [1.807, 2.05) is 57.2 Å². The number of benzene rings is 2. The SMILES string of the molecule is C.CC.[B]/C(C=N)=C1/CC(CCCCCCC(=O)C(C)Cc2ccccc2)=CC2(c3ccccc3O)CC12. The second kappa shape index (κ2) is 14.9. The summed E-state index contributed by atoms with van der Waals surface area (Å²) < 4.78 is 0. The van der Waals surface area contributed by atoms with E-state index in [1.165, 1.54) is 17.4 Å². The third kappa shape index (κ3) is 7.59. The Morgan fingerprint density at radius 3 is 2.42 bits per heavy atom. The first kappa shape index (κ1) is 31.3. The number of hydrogen-bond donors (Lipinski definition) is 2. The van der Waals surface area contributed by atoms with E-state index in [0.717, 1.165) is 62.5 Å². The number of Topliss-reactive ketones (excluding diaryl/α,β-unsaturated/α-hetero) is 1. The van der Waals surface area contributed by atoms with Gasteiger partial charge in [-0.25, -0.2) is 0 Å². The van der Waals surface area contributed by atoms with Gasteiger partial charge in [-0.05, 0) is 56.1 Å². The van der Waals surface area contributed by atoms with Gasteiger partial charge >= 0.3 is 0 Å². The minimum Gasteiger partial charge on any atom is -0.508 e. The van der Waals surface area contributed by atoms with E-state index < -0.39 is 0 Å². The average molecular weight is 512 g/mol. The predicted molar refractivity (Wildman–Crippen MR) is 162 cm³/mol. The largest absolute Gasteiger partial charge is 0.508 e.